The molecule has 2 N–H and O–H groups in total. The number of aliphatic hydroxyl groups excluding tert-OH is 1. The van der Waals surface area contributed by atoms with Crippen molar-refractivity contribution in [1.82, 2.24) is 5.32 Å². The molecule has 0 spiro atoms. The predicted molar refractivity (Wildman–Crippen MR) is 104 cm³/mol. The minimum Gasteiger partial charge on any atom is -0.493 e. The van der Waals surface area contributed by atoms with Gasteiger partial charge in [-0.05, 0) is 28.5 Å². The van der Waals surface area contributed by atoms with Crippen molar-refractivity contribution in [3.05, 3.63) is 78.1 Å². The Hall–Kier alpha value is -3.31. The van der Waals surface area contributed by atoms with Gasteiger partial charge < -0.3 is 19.6 Å². The number of carbonyl (C=O) groups excluding carboxylic acids is 1. The number of hydrogen-bond acceptors (Lipinski definition) is 4. The molecule has 4 aromatic rings. The monoisotopic (exact) mass is 361 g/mol. The first kappa shape index (κ1) is 17.1. The average molecular weight is 361 g/mol. The number of furan rings is 1. The second-order valence-corrected chi connectivity index (χ2v) is 6.28. The molecule has 0 unspecified atom stereocenters. The fraction of sp³-hybridized carbons (Fsp3) is 0.136. The molecular formula is C22H19NO4. The minimum absolute atomic E-state index is 0.0843. The van der Waals surface area contributed by atoms with Gasteiger partial charge >= 0.3 is 0 Å². The number of rotatable bonds is 5. The molecule has 1 atom stereocenters. The van der Waals surface area contributed by atoms with Crippen molar-refractivity contribution >= 4 is 27.6 Å². The number of nitrogens with one attached hydrogen (secondary N) is 1. The third-order valence-electron chi connectivity index (χ3n) is 4.59. The van der Waals surface area contributed by atoms with Crippen LogP contribution < -0.4 is 10.1 Å². The normalized spacial score (nSPS) is 12.2. The fourth-order valence-electron chi connectivity index (χ4n) is 3.24. The van der Waals surface area contributed by atoms with E-state index in [0.717, 1.165) is 21.7 Å². The lowest BCUT2D eigenvalue weighted by Gasteiger charge is -2.14. The van der Waals surface area contributed by atoms with Crippen LogP contribution in [0.3, 0.4) is 0 Å². The number of benzene rings is 3. The number of fused-ring (bicyclic) bond motifs is 2. The van der Waals surface area contributed by atoms with Crippen LogP contribution in [0.2, 0.25) is 0 Å². The molecule has 0 saturated carbocycles. The van der Waals surface area contributed by atoms with Crippen LogP contribution in [0.4, 0.5) is 0 Å². The van der Waals surface area contributed by atoms with E-state index in [1.54, 1.807) is 19.2 Å². The summed E-state index contributed by atoms with van der Waals surface area (Å²) in [5.74, 6) is 0.370. The molecule has 1 heterocycles. The summed E-state index contributed by atoms with van der Waals surface area (Å²) in [7, 11) is 1.55. The summed E-state index contributed by atoms with van der Waals surface area (Å²) >= 11 is 0. The highest BCUT2D eigenvalue weighted by atomic mass is 16.5. The molecule has 1 amide bonds. The molecule has 0 aliphatic heterocycles. The van der Waals surface area contributed by atoms with E-state index in [-0.39, 0.29) is 18.2 Å². The highest BCUT2D eigenvalue weighted by Crippen LogP contribution is 2.28. The molecule has 5 heteroatoms. The van der Waals surface area contributed by atoms with E-state index in [1.807, 2.05) is 54.6 Å². The second-order valence-electron chi connectivity index (χ2n) is 6.28. The maximum atomic E-state index is 12.5. The van der Waals surface area contributed by atoms with Crippen LogP contribution in [0.1, 0.15) is 22.2 Å². The molecule has 5 nitrogen and oxygen atoms in total. The molecule has 0 fully saturated rings. The lowest BCUT2D eigenvalue weighted by Crippen LogP contribution is -2.28. The fourth-order valence-corrected chi connectivity index (χ4v) is 3.24. The first-order chi connectivity index (χ1) is 13.2. The Bertz CT molecular complexity index is 1110. The zero-order valence-electron chi connectivity index (χ0n) is 14.8. The van der Waals surface area contributed by atoms with Gasteiger partial charge in [-0.3, -0.25) is 4.79 Å². The molecule has 1 aromatic heterocycles. The van der Waals surface area contributed by atoms with Gasteiger partial charge in [0.15, 0.2) is 17.1 Å². The Morgan fingerprint density at radius 3 is 2.67 bits per heavy atom. The van der Waals surface area contributed by atoms with Gasteiger partial charge in [0.05, 0.1) is 13.2 Å². The van der Waals surface area contributed by atoms with Crippen molar-refractivity contribution < 1.29 is 19.1 Å². The van der Waals surface area contributed by atoms with Crippen LogP contribution in [0.25, 0.3) is 21.7 Å². The lowest BCUT2D eigenvalue weighted by molar-refractivity contribution is 0.0891. The van der Waals surface area contributed by atoms with E-state index >= 15 is 0 Å². The number of hydrogen-bond donors (Lipinski definition) is 2. The van der Waals surface area contributed by atoms with Crippen LogP contribution >= 0.6 is 0 Å². The molecular weight excluding hydrogens is 342 g/mol. The van der Waals surface area contributed by atoms with Gasteiger partial charge in [-0.2, -0.15) is 0 Å². The van der Waals surface area contributed by atoms with Crippen molar-refractivity contribution in [2.24, 2.45) is 0 Å². The van der Waals surface area contributed by atoms with Crippen molar-refractivity contribution in [1.29, 1.82) is 0 Å². The molecule has 0 radical (unpaired) electrons. The molecule has 136 valence electrons. The maximum absolute atomic E-state index is 12.5. The van der Waals surface area contributed by atoms with Crippen LogP contribution in [-0.4, -0.2) is 24.7 Å². The number of ether oxygens (including phenoxy) is 1. The molecule has 3 aromatic carbocycles. The quantitative estimate of drug-likeness (QED) is 0.562. The average Bonchev–Trinajstić information content (AvgIpc) is 3.15. The Morgan fingerprint density at radius 1 is 1.07 bits per heavy atom. The van der Waals surface area contributed by atoms with E-state index in [0.29, 0.717) is 11.3 Å². The molecule has 0 aliphatic rings. The van der Waals surface area contributed by atoms with Crippen molar-refractivity contribution in [3.63, 3.8) is 0 Å². The number of carbonyl (C=O) groups is 1. The van der Waals surface area contributed by atoms with Crippen molar-refractivity contribution in [2.75, 3.05) is 13.7 Å². The van der Waals surface area contributed by atoms with Gasteiger partial charge in [0.25, 0.3) is 5.91 Å². The summed E-state index contributed by atoms with van der Waals surface area (Å²) in [6.45, 7) is 0.0843. The Morgan fingerprint density at radius 2 is 1.81 bits per heavy atom. The largest absolute Gasteiger partial charge is 0.493 e. The van der Waals surface area contributed by atoms with Gasteiger partial charge in [0.1, 0.15) is 0 Å². The Balaban J connectivity index is 1.52. The van der Waals surface area contributed by atoms with Gasteiger partial charge in [-0.1, -0.05) is 54.6 Å². The third-order valence-corrected chi connectivity index (χ3v) is 4.59. The molecule has 0 aliphatic carbocycles. The molecule has 27 heavy (non-hydrogen) atoms. The van der Waals surface area contributed by atoms with Crippen LogP contribution in [0.5, 0.6) is 5.75 Å². The van der Waals surface area contributed by atoms with Gasteiger partial charge in [0.2, 0.25) is 0 Å². The molecule has 0 saturated heterocycles. The summed E-state index contributed by atoms with van der Waals surface area (Å²) in [4.78, 5) is 12.5. The zero-order valence-corrected chi connectivity index (χ0v) is 14.8. The summed E-state index contributed by atoms with van der Waals surface area (Å²) in [6.07, 6.45) is -0.820. The number of aliphatic hydroxyl groups is 1. The first-order valence-corrected chi connectivity index (χ1v) is 8.68. The van der Waals surface area contributed by atoms with E-state index in [2.05, 4.69) is 5.32 Å². The Labute approximate surface area is 156 Å². The topological polar surface area (TPSA) is 71.7 Å². The second kappa shape index (κ2) is 7.13. The Kier molecular flexibility index (Phi) is 4.52. The SMILES string of the molecule is COc1cccc2cc(C(=O)NC[C@@H](O)c3cccc4ccccc34)oc12. The molecule has 4 rings (SSSR count). The lowest BCUT2D eigenvalue weighted by atomic mass is 10.0. The zero-order chi connectivity index (χ0) is 18.8. The summed E-state index contributed by atoms with van der Waals surface area (Å²) in [5.41, 5.74) is 1.31. The van der Waals surface area contributed by atoms with E-state index < -0.39 is 6.10 Å². The van der Waals surface area contributed by atoms with Crippen molar-refractivity contribution in [2.45, 2.75) is 6.10 Å². The first-order valence-electron chi connectivity index (χ1n) is 8.68. The third kappa shape index (κ3) is 3.25. The summed E-state index contributed by atoms with van der Waals surface area (Å²) in [6, 6.07) is 20.7. The standard InChI is InChI=1S/C22H19NO4/c1-26-19-11-5-8-15-12-20(27-21(15)19)22(25)23-13-18(24)17-10-4-7-14-6-2-3-9-16(14)17/h2-12,18,24H,13H2,1H3,(H,23,25)/t18-/m1/s1. The molecule has 0 bridgehead atoms. The van der Waals surface area contributed by atoms with Crippen LogP contribution in [0, 0.1) is 0 Å². The van der Waals surface area contributed by atoms with Crippen LogP contribution in [-0.2, 0) is 0 Å². The highest BCUT2D eigenvalue weighted by Gasteiger charge is 2.17. The van der Waals surface area contributed by atoms with Gasteiger partial charge in [0, 0.05) is 11.9 Å². The smallest absolute Gasteiger partial charge is 0.287 e. The summed E-state index contributed by atoms with van der Waals surface area (Å²) in [5, 5.41) is 16.1. The summed E-state index contributed by atoms with van der Waals surface area (Å²) < 4.78 is 10.9. The van der Waals surface area contributed by atoms with E-state index in [9.17, 15) is 9.90 Å². The van der Waals surface area contributed by atoms with Gasteiger partial charge in [-0.15, -0.1) is 0 Å². The minimum atomic E-state index is -0.820. The number of para-hydroxylation sites is 1. The maximum Gasteiger partial charge on any atom is 0.287 e. The van der Waals surface area contributed by atoms with Gasteiger partial charge in [-0.25, -0.2) is 0 Å². The number of methoxy groups -OCH3 is 1. The van der Waals surface area contributed by atoms with E-state index in [4.69, 9.17) is 9.15 Å². The van der Waals surface area contributed by atoms with Crippen molar-refractivity contribution in [3.8, 4) is 5.75 Å². The predicted octanol–water partition coefficient (Wildman–Crippen LogP) is 4.06. The van der Waals surface area contributed by atoms with Crippen LogP contribution in [0.15, 0.2) is 71.1 Å². The van der Waals surface area contributed by atoms with E-state index in [1.165, 1.54) is 0 Å². The number of amides is 1. The highest BCUT2D eigenvalue weighted by molar-refractivity contribution is 5.97.